The molecule has 0 aromatic heterocycles. The van der Waals surface area contributed by atoms with Crippen LogP contribution in [0.2, 0.25) is 0 Å². The van der Waals surface area contributed by atoms with Gasteiger partial charge in [0.1, 0.15) is 0 Å². The molecule has 0 fully saturated rings. The molecule has 0 radical (unpaired) electrons. The third-order valence-electron chi connectivity index (χ3n) is 2.94. The van der Waals surface area contributed by atoms with E-state index in [0.29, 0.717) is 11.6 Å². The molecule has 0 saturated heterocycles. The second kappa shape index (κ2) is 2.98. The number of hydrogen-bond acceptors (Lipinski definition) is 1. The molecule has 1 rings (SSSR count). The smallest absolute Gasteiger partial charge is 0.0366 e. The van der Waals surface area contributed by atoms with Crippen LogP contribution >= 0.6 is 0 Å². The van der Waals surface area contributed by atoms with Crippen LogP contribution in [-0.2, 0) is 0 Å². The third kappa shape index (κ3) is 1.34. The summed E-state index contributed by atoms with van der Waals surface area (Å²) in [6.45, 7) is 10.2. The van der Waals surface area contributed by atoms with Crippen molar-refractivity contribution in [2.75, 3.05) is 6.54 Å². The highest BCUT2D eigenvalue weighted by molar-refractivity contribution is 5.15. The van der Waals surface area contributed by atoms with Crippen molar-refractivity contribution in [3.8, 4) is 0 Å². The largest absolute Gasteiger partial charge is 0.289 e. The Morgan fingerprint density at radius 1 is 1.45 bits per heavy atom. The molecular weight excluding hydrogens is 134 g/mol. The minimum Gasteiger partial charge on any atom is -0.289 e. The van der Waals surface area contributed by atoms with Gasteiger partial charge >= 0.3 is 0 Å². The number of hydrogen-bond donors (Lipinski definition) is 0. The molecule has 2 unspecified atom stereocenters. The fourth-order valence-corrected chi connectivity index (χ4v) is 1.98. The van der Waals surface area contributed by atoms with Crippen LogP contribution in [0.15, 0.2) is 12.2 Å². The van der Waals surface area contributed by atoms with Crippen molar-refractivity contribution in [1.82, 2.24) is 4.90 Å². The normalized spacial score (nSPS) is 38.4. The van der Waals surface area contributed by atoms with Gasteiger partial charge in [-0.3, -0.25) is 4.90 Å². The topological polar surface area (TPSA) is 3.24 Å². The van der Waals surface area contributed by atoms with Gasteiger partial charge in [-0.15, -0.1) is 0 Å². The van der Waals surface area contributed by atoms with Gasteiger partial charge in [-0.1, -0.05) is 26.0 Å². The van der Waals surface area contributed by atoms with E-state index in [1.54, 1.807) is 0 Å². The van der Waals surface area contributed by atoms with E-state index in [-0.39, 0.29) is 0 Å². The molecule has 1 heterocycles. The first kappa shape index (κ1) is 8.79. The molecule has 0 N–H and O–H groups in total. The maximum absolute atomic E-state index is 2.53. The Labute approximate surface area is 70.1 Å². The number of nitrogens with zero attached hydrogens (tertiary/aromatic N) is 1. The summed E-state index contributed by atoms with van der Waals surface area (Å²) >= 11 is 0. The lowest BCUT2D eigenvalue weighted by atomic mass is 9.99. The van der Waals surface area contributed by atoms with E-state index in [0.717, 1.165) is 6.54 Å². The summed E-state index contributed by atoms with van der Waals surface area (Å²) in [5.74, 6) is 0. The van der Waals surface area contributed by atoms with Crippen LogP contribution in [0.5, 0.6) is 0 Å². The Bertz CT molecular complexity index is 162. The fourth-order valence-electron chi connectivity index (χ4n) is 1.98. The fraction of sp³-hybridized carbons (Fsp3) is 0.800. The van der Waals surface area contributed by atoms with Gasteiger partial charge in [-0.2, -0.15) is 0 Å². The molecule has 1 aliphatic heterocycles. The van der Waals surface area contributed by atoms with Gasteiger partial charge < -0.3 is 0 Å². The first-order valence-corrected chi connectivity index (χ1v) is 4.60. The average Bonchev–Trinajstić information content (AvgIpc) is 2.29. The van der Waals surface area contributed by atoms with E-state index in [2.05, 4.69) is 44.7 Å². The molecule has 1 heteroatoms. The average molecular weight is 153 g/mol. The van der Waals surface area contributed by atoms with E-state index >= 15 is 0 Å². The summed E-state index contributed by atoms with van der Waals surface area (Å²) in [4.78, 5) is 2.53. The highest BCUT2D eigenvalue weighted by atomic mass is 15.2. The Balaban J connectivity index is 2.75. The van der Waals surface area contributed by atoms with Crippen molar-refractivity contribution in [2.45, 2.75) is 45.7 Å². The molecule has 0 aromatic carbocycles. The van der Waals surface area contributed by atoms with Gasteiger partial charge in [0.05, 0.1) is 0 Å². The van der Waals surface area contributed by atoms with Gasteiger partial charge in [-0.05, 0) is 26.8 Å². The van der Waals surface area contributed by atoms with Crippen LogP contribution in [0, 0.1) is 0 Å². The first-order valence-electron chi connectivity index (χ1n) is 4.60. The van der Waals surface area contributed by atoms with Gasteiger partial charge in [0, 0.05) is 11.6 Å². The van der Waals surface area contributed by atoms with E-state index in [1.807, 2.05) is 0 Å². The van der Waals surface area contributed by atoms with Crippen LogP contribution in [0.4, 0.5) is 0 Å². The molecule has 0 saturated carbocycles. The Kier molecular flexibility index (Phi) is 2.38. The Morgan fingerprint density at radius 2 is 2.09 bits per heavy atom. The van der Waals surface area contributed by atoms with E-state index in [1.165, 1.54) is 6.42 Å². The quantitative estimate of drug-likeness (QED) is 0.551. The molecule has 2 atom stereocenters. The maximum atomic E-state index is 2.53. The van der Waals surface area contributed by atoms with Crippen molar-refractivity contribution < 1.29 is 0 Å². The zero-order valence-corrected chi connectivity index (χ0v) is 8.09. The molecule has 0 aliphatic carbocycles. The molecule has 64 valence electrons. The van der Waals surface area contributed by atoms with Crippen LogP contribution < -0.4 is 0 Å². The van der Waals surface area contributed by atoms with Crippen LogP contribution in [0.3, 0.4) is 0 Å². The first-order chi connectivity index (χ1) is 5.14. The minimum absolute atomic E-state index is 0.328. The van der Waals surface area contributed by atoms with Crippen molar-refractivity contribution in [3.63, 3.8) is 0 Å². The van der Waals surface area contributed by atoms with Crippen molar-refractivity contribution >= 4 is 0 Å². The highest BCUT2D eigenvalue weighted by Gasteiger charge is 2.33. The number of likely N-dealkylation sites (N-methyl/N-ethyl adjacent to an activating group) is 1. The summed E-state index contributed by atoms with van der Waals surface area (Å²) in [6, 6.07) is 0.630. The Hall–Kier alpha value is -0.300. The lowest BCUT2D eigenvalue weighted by Gasteiger charge is -2.36. The van der Waals surface area contributed by atoms with Crippen LogP contribution in [0.1, 0.15) is 34.1 Å². The lowest BCUT2D eigenvalue weighted by molar-refractivity contribution is 0.145. The zero-order valence-electron chi connectivity index (χ0n) is 8.09. The van der Waals surface area contributed by atoms with Gasteiger partial charge in [-0.25, -0.2) is 0 Å². The van der Waals surface area contributed by atoms with Crippen LogP contribution in [0.25, 0.3) is 0 Å². The van der Waals surface area contributed by atoms with Crippen molar-refractivity contribution in [3.05, 3.63) is 12.2 Å². The molecule has 0 aromatic rings. The summed E-state index contributed by atoms with van der Waals surface area (Å²) < 4.78 is 0. The molecule has 1 nitrogen and oxygen atoms in total. The summed E-state index contributed by atoms with van der Waals surface area (Å²) in [5.41, 5.74) is 0.328. The molecule has 0 spiro atoms. The summed E-state index contributed by atoms with van der Waals surface area (Å²) in [5, 5.41) is 0. The second-order valence-corrected chi connectivity index (χ2v) is 3.60. The maximum Gasteiger partial charge on any atom is 0.0366 e. The zero-order chi connectivity index (χ0) is 8.48. The highest BCUT2D eigenvalue weighted by Crippen LogP contribution is 2.29. The summed E-state index contributed by atoms with van der Waals surface area (Å²) in [6.07, 6.45) is 5.87. The molecule has 0 amide bonds. The second-order valence-electron chi connectivity index (χ2n) is 3.60. The molecule has 1 aliphatic rings. The molecule has 0 bridgehead atoms. The molecular formula is C10H19N. The van der Waals surface area contributed by atoms with Crippen LogP contribution in [-0.4, -0.2) is 23.0 Å². The predicted octanol–water partition coefficient (Wildman–Crippen LogP) is 2.44. The van der Waals surface area contributed by atoms with E-state index in [9.17, 15) is 0 Å². The van der Waals surface area contributed by atoms with Crippen molar-refractivity contribution in [1.29, 1.82) is 0 Å². The predicted molar refractivity (Wildman–Crippen MR) is 49.7 cm³/mol. The lowest BCUT2D eigenvalue weighted by Crippen LogP contribution is -2.44. The van der Waals surface area contributed by atoms with Crippen molar-refractivity contribution in [2.24, 2.45) is 0 Å². The van der Waals surface area contributed by atoms with E-state index in [4.69, 9.17) is 0 Å². The summed E-state index contributed by atoms with van der Waals surface area (Å²) in [7, 11) is 0. The SMILES string of the molecule is CCN1C(C)C=CC1(C)CC. The standard InChI is InChI=1S/C10H19N/c1-5-10(4)8-7-9(3)11(10)6-2/h7-9H,5-6H2,1-4H3. The molecule has 11 heavy (non-hydrogen) atoms. The number of rotatable bonds is 2. The van der Waals surface area contributed by atoms with Gasteiger partial charge in [0.25, 0.3) is 0 Å². The monoisotopic (exact) mass is 153 g/mol. The third-order valence-corrected chi connectivity index (χ3v) is 2.94. The van der Waals surface area contributed by atoms with E-state index < -0.39 is 0 Å². The van der Waals surface area contributed by atoms with Gasteiger partial charge in [0.2, 0.25) is 0 Å². The minimum atomic E-state index is 0.328. The van der Waals surface area contributed by atoms with Gasteiger partial charge in [0.15, 0.2) is 0 Å². The Morgan fingerprint density at radius 3 is 2.45 bits per heavy atom.